The molecule has 14 heavy (non-hydrogen) atoms. The highest BCUT2D eigenvalue weighted by molar-refractivity contribution is 5.37. The zero-order chi connectivity index (χ0) is 10.6. The molecule has 0 radical (unpaired) electrons. The van der Waals surface area contributed by atoms with E-state index >= 15 is 0 Å². The molecule has 1 unspecified atom stereocenters. The van der Waals surface area contributed by atoms with Crippen LogP contribution in [0.5, 0.6) is 0 Å². The summed E-state index contributed by atoms with van der Waals surface area (Å²) in [5, 5.41) is 8.68. The number of aromatic nitrogens is 2. The van der Waals surface area contributed by atoms with Crippen molar-refractivity contribution in [3.8, 4) is 6.07 Å². The fraction of sp³-hybridized carbons (Fsp3) is 0.500. The highest BCUT2D eigenvalue weighted by atomic mass is 15.2. The average molecular weight is 190 g/mol. The first-order chi connectivity index (χ1) is 6.63. The van der Waals surface area contributed by atoms with Crippen molar-refractivity contribution in [2.75, 3.05) is 18.5 Å². The lowest BCUT2D eigenvalue weighted by molar-refractivity contribution is 0.709. The first-order valence-electron chi connectivity index (χ1n) is 4.53. The minimum absolute atomic E-state index is 0.00951. The van der Waals surface area contributed by atoms with Crippen molar-refractivity contribution in [1.29, 1.82) is 5.26 Å². The largest absolute Gasteiger partial charge is 0.358 e. The number of hydrogen-bond donors (Lipinski definition) is 0. The number of rotatable bonds is 3. The number of hydrogen-bond acceptors (Lipinski definition) is 4. The lowest BCUT2D eigenvalue weighted by Crippen LogP contribution is -2.24. The molecule has 0 amide bonds. The van der Waals surface area contributed by atoms with E-state index in [0.29, 0.717) is 6.54 Å². The molecule has 0 aliphatic heterocycles. The molecule has 1 aromatic heterocycles. The van der Waals surface area contributed by atoms with Crippen molar-refractivity contribution in [3.63, 3.8) is 0 Å². The van der Waals surface area contributed by atoms with Crippen LogP contribution in [0.3, 0.4) is 0 Å². The SMILES string of the molecule is Cc1cc(N(C)CC(C)C#N)ncn1. The average Bonchev–Trinajstić information content (AvgIpc) is 2.17. The van der Waals surface area contributed by atoms with Gasteiger partial charge in [-0.2, -0.15) is 5.26 Å². The molecule has 0 saturated heterocycles. The van der Waals surface area contributed by atoms with Crippen molar-refractivity contribution in [2.45, 2.75) is 13.8 Å². The zero-order valence-corrected chi connectivity index (χ0v) is 8.73. The van der Waals surface area contributed by atoms with Gasteiger partial charge in [-0.1, -0.05) is 0 Å². The maximum atomic E-state index is 8.68. The van der Waals surface area contributed by atoms with Gasteiger partial charge in [0, 0.05) is 25.4 Å². The summed E-state index contributed by atoms with van der Waals surface area (Å²) >= 11 is 0. The summed E-state index contributed by atoms with van der Waals surface area (Å²) in [6.45, 7) is 4.50. The van der Waals surface area contributed by atoms with Crippen LogP contribution in [-0.2, 0) is 0 Å². The standard InChI is InChI=1S/C10H14N4/c1-8(5-11)6-14(3)10-4-9(2)12-7-13-10/h4,7-8H,6H2,1-3H3. The lowest BCUT2D eigenvalue weighted by Gasteiger charge is -2.18. The van der Waals surface area contributed by atoms with Crippen LogP contribution in [-0.4, -0.2) is 23.6 Å². The molecule has 1 heterocycles. The third-order valence-corrected chi connectivity index (χ3v) is 1.95. The maximum Gasteiger partial charge on any atom is 0.131 e. The molecule has 0 aliphatic rings. The molecule has 0 N–H and O–H groups in total. The van der Waals surface area contributed by atoms with E-state index in [1.807, 2.05) is 31.9 Å². The second-order valence-electron chi connectivity index (χ2n) is 3.43. The van der Waals surface area contributed by atoms with Gasteiger partial charge in [-0.15, -0.1) is 0 Å². The lowest BCUT2D eigenvalue weighted by atomic mass is 10.2. The van der Waals surface area contributed by atoms with Crippen LogP contribution in [0.1, 0.15) is 12.6 Å². The minimum Gasteiger partial charge on any atom is -0.358 e. The normalized spacial score (nSPS) is 11.9. The summed E-state index contributed by atoms with van der Waals surface area (Å²) in [6, 6.07) is 4.10. The van der Waals surface area contributed by atoms with Gasteiger partial charge in [0.1, 0.15) is 12.1 Å². The predicted octanol–water partition coefficient (Wildman–Crippen LogP) is 1.38. The van der Waals surface area contributed by atoms with Crippen molar-refractivity contribution < 1.29 is 0 Å². The van der Waals surface area contributed by atoms with E-state index in [9.17, 15) is 0 Å². The van der Waals surface area contributed by atoms with Crippen molar-refractivity contribution in [3.05, 3.63) is 18.1 Å². The zero-order valence-electron chi connectivity index (χ0n) is 8.73. The van der Waals surface area contributed by atoms with Gasteiger partial charge in [0.05, 0.1) is 12.0 Å². The molecule has 0 fully saturated rings. The third kappa shape index (κ3) is 2.70. The Morgan fingerprint density at radius 3 is 2.86 bits per heavy atom. The molecule has 74 valence electrons. The Bertz CT molecular complexity index is 342. The molecule has 1 atom stereocenters. The van der Waals surface area contributed by atoms with Crippen LogP contribution in [0.2, 0.25) is 0 Å². The van der Waals surface area contributed by atoms with E-state index in [-0.39, 0.29) is 5.92 Å². The smallest absolute Gasteiger partial charge is 0.131 e. The molecule has 4 nitrogen and oxygen atoms in total. The van der Waals surface area contributed by atoms with Crippen LogP contribution in [0, 0.1) is 24.2 Å². The van der Waals surface area contributed by atoms with E-state index in [1.54, 1.807) is 0 Å². The van der Waals surface area contributed by atoms with Gasteiger partial charge in [-0.25, -0.2) is 9.97 Å². The van der Waals surface area contributed by atoms with Crippen LogP contribution in [0.25, 0.3) is 0 Å². The Morgan fingerprint density at radius 2 is 2.29 bits per heavy atom. The summed E-state index contributed by atoms with van der Waals surface area (Å²) < 4.78 is 0. The van der Waals surface area contributed by atoms with Gasteiger partial charge in [0.2, 0.25) is 0 Å². The highest BCUT2D eigenvalue weighted by Gasteiger charge is 2.07. The number of aryl methyl sites for hydroxylation is 1. The quantitative estimate of drug-likeness (QED) is 0.722. The molecule has 0 aliphatic carbocycles. The summed E-state index contributed by atoms with van der Waals surface area (Å²) in [5.41, 5.74) is 0.937. The number of anilines is 1. The van der Waals surface area contributed by atoms with Crippen LogP contribution in [0.4, 0.5) is 5.82 Å². The maximum absolute atomic E-state index is 8.68. The Morgan fingerprint density at radius 1 is 1.57 bits per heavy atom. The Balaban J connectivity index is 2.70. The number of nitrogens with zero attached hydrogens (tertiary/aromatic N) is 4. The molecule has 0 spiro atoms. The van der Waals surface area contributed by atoms with Gasteiger partial charge >= 0.3 is 0 Å². The summed E-state index contributed by atoms with van der Waals surface area (Å²) in [6.07, 6.45) is 1.54. The third-order valence-electron chi connectivity index (χ3n) is 1.95. The van der Waals surface area contributed by atoms with E-state index < -0.39 is 0 Å². The summed E-state index contributed by atoms with van der Waals surface area (Å²) in [5.74, 6) is 0.870. The van der Waals surface area contributed by atoms with Crippen molar-refractivity contribution in [1.82, 2.24) is 9.97 Å². The molecule has 0 aromatic carbocycles. The highest BCUT2D eigenvalue weighted by Crippen LogP contribution is 2.10. The summed E-state index contributed by atoms with van der Waals surface area (Å²) in [4.78, 5) is 10.1. The molecule has 0 saturated carbocycles. The second-order valence-corrected chi connectivity index (χ2v) is 3.43. The molecular formula is C10H14N4. The fourth-order valence-corrected chi connectivity index (χ4v) is 1.19. The molecule has 1 aromatic rings. The monoisotopic (exact) mass is 190 g/mol. The fourth-order valence-electron chi connectivity index (χ4n) is 1.19. The molecule has 4 heteroatoms. The minimum atomic E-state index is 0.00951. The second kappa shape index (κ2) is 4.56. The van der Waals surface area contributed by atoms with Gasteiger partial charge in [-0.05, 0) is 13.8 Å². The van der Waals surface area contributed by atoms with E-state index in [0.717, 1.165) is 11.5 Å². The van der Waals surface area contributed by atoms with Gasteiger partial charge in [0.15, 0.2) is 0 Å². The Kier molecular flexibility index (Phi) is 3.41. The number of nitriles is 1. The predicted molar refractivity (Wildman–Crippen MR) is 54.8 cm³/mol. The Hall–Kier alpha value is -1.63. The molecular weight excluding hydrogens is 176 g/mol. The van der Waals surface area contributed by atoms with E-state index in [1.165, 1.54) is 6.33 Å². The van der Waals surface area contributed by atoms with Gasteiger partial charge in [-0.3, -0.25) is 0 Å². The van der Waals surface area contributed by atoms with Crippen molar-refractivity contribution in [2.24, 2.45) is 5.92 Å². The van der Waals surface area contributed by atoms with E-state index in [4.69, 9.17) is 5.26 Å². The van der Waals surface area contributed by atoms with Crippen LogP contribution >= 0.6 is 0 Å². The van der Waals surface area contributed by atoms with Crippen LogP contribution in [0.15, 0.2) is 12.4 Å². The van der Waals surface area contributed by atoms with Gasteiger partial charge in [0.25, 0.3) is 0 Å². The molecule has 0 bridgehead atoms. The van der Waals surface area contributed by atoms with Gasteiger partial charge < -0.3 is 4.90 Å². The van der Waals surface area contributed by atoms with E-state index in [2.05, 4.69) is 16.0 Å². The summed E-state index contributed by atoms with van der Waals surface area (Å²) in [7, 11) is 1.93. The molecule has 1 rings (SSSR count). The van der Waals surface area contributed by atoms with Crippen molar-refractivity contribution >= 4 is 5.82 Å². The first kappa shape index (κ1) is 10.5. The first-order valence-corrected chi connectivity index (χ1v) is 4.53. The topological polar surface area (TPSA) is 52.8 Å². The van der Waals surface area contributed by atoms with Crippen LogP contribution < -0.4 is 4.90 Å². The Labute approximate surface area is 84.2 Å².